The Balaban J connectivity index is 1.73. The molecular weight excluding hydrogens is 293 g/mol. The molecule has 1 N–H and O–H groups in total. The van der Waals surface area contributed by atoms with Crippen LogP contribution < -0.4 is 15.5 Å². The second-order valence-corrected chi connectivity index (χ2v) is 6.14. The Kier molecular flexibility index (Phi) is 2.83. The van der Waals surface area contributed by atoms with Crippen molar-refractivity contribution in [3.05, 3.63) is 78.4 Å². The van der Waals surface area contributed by atoms with Gasteiger partial charge in [0.1, 0.15) is 7.85 Å². The number of anilines is 1. The van der Waals surface area contributed by atoms with E-state index in [9.17, 15) is 0 Å². The molecule has 0 saturated heterocycles. The Hall–Kier alpha value is -2.94. The van der Waals surface area contributed by atoms with Crippen molar-refractivity contribution in [3.63, 3.8) is 0 Å². The fraction of sp³-hybridized carbons (Fsp3) is 0.0476. The van der Waals surface area contributed by atoms with Gasteiger partial charge in [0.2, 0.25) is 0 Å². The minimum atomic E-state index is -0.157. The molecule has 24 heavy (non-hydrogen) atoms. The predicted octanol–water partition coefficient (Wildman–Crippen LogP) is 4.29. The second kappa shape index (κ2) is 5.03. The summed E-state index contributed by atoms with van der Waals surface area (Å²) in [7, 11) is 5.94. The molecule has 3 heteroatoms. The van der Waals surface area contributed by atoms with Gasteiger partial charge in [-0.05, 0) is 22.2 Å². The molecule has 4 aromatic carbocycles. The summed E-state index contributed by atoms with van der Waals surface area (Å²) in [5.74, 6) is 0.914. The van der Waals surface area contributed by atoms with E-state index in [1.165, 1.54) is 5.39 Å². The summed E-state index contributed by atoms with van der Waals surface area (Å²) in [5, 5.41) is 8.06. The zero-order valence-electron chi connectivity index (χ0n) is 13.0. The average molecular weight is 307 g/mol. The van der Waals surface area contributed by atoms with E-state index < -0.39 is 0 Å². The van der Waals surface area contributed by atoms with Crippen molar-refractivity contribution >= 4 is 40.5 Å². The molecule has 4 aromatic rings. The largest absolute Gasteiger partial charge is 0.464 e. The molecule has 5 rings (SSSR count). The first kappa shape index (κ1) is 13.5. The maximum atomic E-state index is 6.30. The van der Waals surface area contributed by atoms with E-state index in [2.05, 4.69) is 47.8 Å². The van der Waals surface area contributed by atoms with Crippen LogP contribution in [0.1, 0.15) is 11.8 Å². The normalized spacial score (nSPS) is 15.9. The van der Waals surface area contributed by atoms with Crippen LogP contribution in [0.3, 0.4) is 0 Å². The van der Waals surface area contributed by atoms with Gasteiger partial charge in [0.25, 0.3) is 0 Å². The molecule has 0 amide bonds. The summed E-state index contributed by atoms with van der Waals surface area (Å²) in [6.45, 7) is 0. The lowest BCUT2D eigenvalue weighted by atomic mass is 9.91. The molecule has 1 aliphatic heterocycles. The molecule has 0 spiro atoms. The first-order valence-corrected chi connectivity index (χ1v) is 8.03. The minimum Gasteiger partial charge on any atom is -0.464 e. The van der Waals surface area contributed by atoms with E-state index in [0.29, 0.717) is 0 Å². The summed E-state index contributed by atoms with van der Waals surface area (Å²) < 4.78 is 6.30. The molecule has 1 aliphatic rings. The zero-order valence-corrected chi connectivity index (χ0v) is 13.0. The van der Waals surface area contributed by atoms with Gasteiger partial charge in [0.05, 0.1) is 5.69 Å². The molecule has 0 aromatic heterocycles. The lowest BCUT2D eigenvalue weighted by molar-refractivity contribution is 0.263. The van der Waals surface area contributed by atoms with Crippen molar-refractivity contribution in [2.24, 2.45) is 0 Å². The van der Waals surface area contributed by atoms with Crippen LogP contribution in [0, 0.1) is 0 Å². The lowest BCUT2D eigenvalue weighted by Gasteiger charge is -2.12. The van der Waals surface area contributed by atoms with E-state index in [-0.39, 0.29) is 6.23 Å². The highest BCUT2D eigenvalue weighted by Crippen LogP contribution is 2.45. The van der Waals surface area contributed by atoms with Gasteiger partial charge >= 0.3 is 0 Å². The lowest BCUT2D eigenvalue weighted by Crippen LogP contribution is -2.09. The van der Waals surface area contributed by atoms with Crippen LogP contribution in [-0.4, -0.2) is 7.85 Å². The number of benzene rings is 4. The predicted molar refractivity (Wildman–Crippen MR) is 100 cm³/mol. The number of hydrogen-bond donors (Lipinski definition) is 1. The van der Waals surface area contributed by atoms with Crippen LogP contribution in [-0.2, 0) is 0 Å². The van der Waals surface area contributed by atoms with Gasteiger partial charge in [-0.15, -0.1) is 0 Å². The Morgan fingerprint density at radius 1 is 0.833 bits per heavy atom. The van der Waals surface area contributed by atoms with Crippen LogP contribution in [0.4, 0.5) is 5.69 Å². The molecule has 2 radical (unpaired) electrons. The van der Waals surface area contributed by atoms with Crippen molar-refractivity contribution in [3.8, 4) is 5.75 Å². The number of nitrogens with one attached hydrogen (secondary N) is 1. The summed E-state index contributed by atoms with van der Waals surface area (Å²) in [5.41, 5.74) is 2.92. The number of hydrogen-bond acceptors (Lipinski definition) is 2. The maximum Gasteiger partial charge on any atom is 0.196 e. The molecule has 1 atom stereocenters. The van der Waals surface area contributed by atoms with Crippen LogP contribution in [0.25, 0.3) is 21.5 Å². The molecule has 0 aliphatic carbocycles. The Bertz CT molecular complexity index is 1080. The molecule has 0 bridgehead atoms. The highest BCUT2D eigenvalue weighted by Gasteiger charge is 2.25. The van der Waals surface area contributed by atoms with Crippen LogP contribution >= 0.6 is 0 Å². The van der Waals surface area contributed by atoms with Crippen LogP contribution in [0.2, 0.25) is 0 Å². The first-order chi connectivity index (χ1) is 11.8. The van der Waals surface area contributed by atoms with Crippen molar-refractivity contribution < 1.29 is 4.74 Å². The van der Waals surface area contributed by atoms with E-state index in [1.807, 2.05) is 30.3 Å². The van der Waals surface area contributed by atoms with Crippen molar-refractivity contribution in [2.45, 2.75) is 6.23 Å². The average Bonchev–Trinajstić information content (AvgIpc) is 3.06. The van der Waals surface area contributed by atoms with Crippen molar-refractivity contribution in [1.82, 2.24) is 0 Å². The summed E-state index contributed by atoms with van der Waals surface area (Å²) in [6, 6.07) is 24.7. The van der Waals surface area contributed by atoms with Gasteiger partial charge in [0.15, 0.2) is 12.0 Å². The first-order valence-electron chi connectivity index (χ1n) is 8.03. The van der Waals surface area contributed by atoms with Gasteiger partial charge in [-0.3, -0.25) is 0 Å². The minimum absolute atomic E-state index is 0.157. The van der Waals surface area contributed by atoms with Crippen molar-refractivity contribution in [2.75, 3.05) is 5.32 Å². The highest BCUT2D eigenvalue weighted by atomic mass is 16.5. The van der Waals surface area contributed by atoms with Gasteiger partial charge < -0.3 is 10.1 Å². The van der Waals surface area contributed by atoms with E-state index >= 15 is 0 Å². The van der Waals surface area contributed by atoms with Gasteiger partial charge in [-0.2, -0.15) is 0 Å². The molecule has 112 valence electrons. The zero-order chi connectivity index (χ0) is 16.1. The molecule has 1 heterocycles. The summed E-state index contributed by atoms with van der Waals surface area (Å²) in [4.78, 5) is 0. The third-order valence-corrected chi connectivity index (χ3v) is 4.60. The Morgan fingerprint density at radius 2 is 1.62 bits per heavy atom. The monoisotopic (exact) mass is 307 g/mol. The molecule has 0 fully saturated rings. The second-order valence-electron chi connectivity index (χ2n) is 6.14. The van der Waals surface area contributed by atoms with Crippen LogP contribution in [0.5, 0.6) is 5.75 Å². The maximum absolute atomic E-state index is 6.30. The van der Waals surface area contributed by atoms with Crippen molar-refractivity contribution in [1.29, 1.82) is 0 Å². The molecular formula is C21H14BNO. The third kappa shape index (κ3) is 1.98. The van der Waals surface area contributed by atoms with E-state index in [1.54, 1.807) is 0 Å². The standard InChI is InChI=1S/C21H14BNO/c22-16-9-10-17-15(12-16)7-6-13-8-11-18-20(19(13)17)24-21(23-18)14-4-2-1-3-5-14/h1-12,21,23H. The van der Waals surface area contributed by atoms with Gasteiger partial charge in [-0.25, -0.2) is 0 Å². The molecule has 0 saturated carbocycles. The van der Waals surface area contributed by atoms with Crippen LogP contribution in [0.15, 0.2) is 72.8 Å². The topological polar surface area (TPSA) is 21.3 Å². The highest BCUT2D eigenvalue weighted by molar-refractivity contribution is 6.33. The fourth-order valence-corrected chi connectivity index (χ4v) is 3.44. The SMILES string of the molecule is [B]c1ccc2c(ccc3ccc4c(c32)OC(c2ccccc2)N4)c1. The number of fused-ring (bicyclic) bond motifs is 5. The van der Waals surface area contributed by atoms with Gasteiger partial charge in [-0.1, -0.05) is 72.2 Å². The summed E-state index contributed by atoms with van der Waals surface area (Å²) >= 11 is 0. The Morgan fingerprint density at radius 3 is 2.50 bits per heavy atom. The van der Waals surface area contributed by atoms with Gasteiger partial charge in [0, 0.05) is 10.9 Å². The summed E-state index contributed by atoms with van der Waals surface area (Å²) in [6.07, 6.45) is -0.157. The smallest absolute Gasteiger partial charge is 0.196 e. The third-order valence-electron chi connectivity index (χ3n) is 4.60. The van der Waals surface area contributed by atoms with E-state index in [4.69, 9.17) is 12.6 Å². The number of ether oxygens (including phenoxy) is 1. The quantitative estimate of drug-likeness (QED) is 0.418. The number of rotatable bonds is 1. The molecule has 1 unspecified atom stereocenters. The fourth-order valence-electron chi connectivity index (χ4n) is 3.44. The molecule has 2 nitrogen and oxygen atoms in total. The van der Waals surface area contributed by atoms with E-state index in [0.717, 1.165) is 38.6 Å². The Labute approximate surface area is 141 Å².